The van der Waals surface area contributed by atoms with Crippen LogP contribution in [-0.2, 0) is 20.4 Å². The first kappa shape index (κ1) is 14.1. The summed E-state index contributed by atoms with van der Waals surface area (Å²) >= 11 is 2.16. The Labute approximate surface area is 92.0 Å². The molecule has 0 saturated heterocycles. The maximum Gasteiger partial charge on any atom is -1.00 e. The standard InChI is InChI=1S/C8H9.2ClH.Ti/c1-7-4-3-5-8(2)6-7;;;/h3-5H,1-2H3;2*1H;/q;;;+2/p-2. The van der Waals surface area contributed by atoms with Crippen molar-refractivity contribution in [2.45, 2.75) is 13.8 Å². The Morgan fingerprint density at radius 2 is 1.36 bits per heavy atom. The van der Waals surface area contributed by atoms with Crippen LogP contribution in [-0.4, -0.2) is 0 Å². The predicted molar refractivity (Wildman–Crippen MR) is 35.5 cm³/mol. The minimum atomic E-state index is 0. The fraction of sp³-hybridized carbons (Fsp3) is 0.250. The molecule has 1 aromatic rings. The molecule has 0 radical (unpaired) electrons. The van der Waals surface area contributed by atoms with Gasteiger partial charge in [-0.1, -0.05) is 0 Å². The van der Waals surface area contributed by atoms with Crippen LogP contribution in [0.15, 0.2) is 18.2 Å². The van der Waals surface area contributed by atoms with Gasteiger partial charge in [-0.15, -0.1) is 0 Å². The zero-order valence-corrected chi connectivity index (χ0v) is 9.56. The molecule has 0 aliphatic carbocycles. The van der Waals surface area contributed by atoms with Crippen LogP contribution in [0.5, 0.6) is 0 Å². The van der Waals surface area contributed by atoms with Gasteiger partial charge in [0.2, 0.25) is 0 Å². The fourth-order valence-electron chi connectivity index (χ4n) is 0.814. The first-order chi connectivity index (χ1) is 4.22. The third-order valence-corrected chi connectivity index (χ3v) is 2.71. The molecule has 0 atom stereocenters. The summed E-state index contributed by atoms with van der Waals surface area (Å²) in [5, 5.41) is 0. The molecule has 59 valence electrons. The molecule has 0 aliphatic heterocycles. The smallest absolute Gasteiger partial charge is 1.00 e. The Kier molecular flexibility index (Phi) is 7.77. The van der Waals surface area contributed by atoms with Gasteiger partial charge < -0.3 is 24.8 Å². The largest absolute Gasteiger partial charge is 1.00 e. The molecule has 0 bridgehead atoms. The number of hydrogen-bond donors (Lipinski definition) is 0. The fourth-order valence-corrected chi connectivity index (χ4v) is 1.07. The van der Waals surface area contributed by atoms with Gasteiger partial charge in [-0.25, -0.2) is 0 Å². The predicted octanol–water partition coefficient (Wildman–Crippen LogP) is -4.52. The molecule has 0 unspecified atom stereocenters. The Hall–Kier alpha value is 0.514. The number of benzene rings is 1. The van der Waals surface area contributed by atoms with Gasteiger partial charge >= 0.3 is 67.5 Å². The molecule has 0 N–H and O–H groups in total. The third kappa shape index (κ3) is 3.62. The number of rotatable bonds is 0. The third-order valence-electron chi connectivity index (χ3n) is 1.48. The van der Waals surface area contributed by atoms with E-state index in [-0.39, 0.29) is 24.8 Å². The zero-order valence-electron chi connectivity index (χ0n) is 6.49. The van der Waals surface area contributed by atoms with Gasteiger partial charge in [-0.2, -0.15) is 0 Å². The van der Waals surface area contributed by atoms with Crippen LogP contribution in [0.25, 0.3) is 0 Å². The van der Waals surface area contributed by atoms with Gasteiger partial charge in [0, 0.05) is 0 Å². The van der Waals surface area contributed by atoms with Crippen molar-refractivity contribution in [2.75, 3.05) is 0 Å². The van der Waals surface area contributed by atoms with E-state index in [2.05, 4.69) is 52.5 Å². The molecule has 0 nitrogen and oxygen atoms in total. The average molecular weight is 224 g/mol. The molecule has 11 heavy (non-hydrogen) atoms. The summed E-state index contributed by atoms with van der Waals surface area (Å²) in [6.07, 6.45) is 0. The Morgan fingerprint density at radius 3 is 1.64 bits per heavy atom. The second kappa shape index (κ2) is 6.08. The van der Waals surface area contributed by atoms with Crippen molar-refractivity contribution < 1.29 is 45.2 Å². The van der Waals surface area contributed by atoms with E-state index in [0.29, 0.717) is 0 Å². The molecule has 3 heteroatoms. The van der Waals surface area contributed by atoms with Crippen LogP contribution in [0.4, 0.5) is 0 Å². The van der Waals surface area contributed by atoms with Crippen molar-refractivity contribution in [3.05, 3.63) is 29.3 Å². The molecule has 0 aliphatic rings. The molecule has 0 spiro atoms. The number of hydrogen-bond acceptors (Lipinski definition) is 0. The molecular formula is C8H9Cl2Ti. The van der Waals surface area contributed by atoms with Crippen LogP contribution in [0.3, 0.4) is 0 Å². The maximum atomic E-state index is 2.16. The molecule has 0 fully saturated rings. The summed E-state index contributed by atoms with van der Waals surface area (Å²) < 4.78 is 1.41. The van der Waals surface area contributed by atoms with Crippen molar-refractivity contribution in [2.24, 2.45) is 0 Å². The van der Waals surface area contributed by atoms with E-state index < -0.39 is 0 Å². The summed E-state index contributed by atoms with van der Waals surface area (Å²) in [6, 6.07) is 6.38. The van der Waals surface area contributed by atoms with Gasteiger partial charge in [0.1, 0.15) is 0 Å². The minimum absolute atomic E-state index is 0. The van der Waals surface area contributed by atoms with E-state index in [1.165, 1.54) is 15.0 Å². The second-order valence-corrected chi connectivity index (χ2v) is 3.05. The van der Waals surface area contributed by atoms with Crippen molar-refractivity contribution in [3.63, 3.8) is 0 Å². The topological polar surface area (TPSA) is 0 Å². The first-order valence-corrected chi connectivity index (χ1v) is 3.77. The van der Waals surface area contributed by atoms with Crippen LogP contribution in [0, 0.1) is 13.8 Å². The first-order valence-electron chi connectivity index (χ1n) is 2.99. The molecule has 0 amide bonds. The molecule has 1 aromatic carbocycles. The normalized spacial score (nSPS) is 8.00. The number of aryl methyl sites for hydroxylation is 2. The van der Waals surface area contributed by atoms with E-state index in [1.807, 2.05) is 0 Å². The Balaban J connectivity index is 0. The molecule has 0 aromatic heterocycles. The monoisotopic (exact) mass is 223 g/mol. The van der Waals surface area contributed by atoms with Crippen molar-refractivity contribution in [1.29, 1.82) is 0 Å². The van der Waals surface area contributed by atoms with Gasteiger partial charge in [-0.3, -0.25) is 0 Å². The van der Waals surface area contributed by atoms with Crippen LogP contribution in [0.1, 0.15) is 11.1 Å². The van der Waals surface area contributed by atoms with Crippen LogP contribution in [0.2, 0.25) is 0 Å². The van der Waals surface area contributed by atoms with Crippen LogP contribution >= 0.6 is 0 Å². The van der Waals surface area contributed by atoms with E-state index in [4.69, 9.17) is 0 Å². The van der Waals surface area contributed by atoms with Crippen molar-refractivity contribution in [1.82, 2.24) is 0 Å². The summed E-state index contributed by atoms with van der Waals surface area (Å²) in [6.45, 7) is 4.28. The van der Waals surface area contributed by atoms with Crippen molar-refractivity contribution >= 4 is 3.87 Å². The quantitative estimate of drug-likeness (QED) is 0.389. The van der Waals surface area contributed by atoms with Gasteiger partial charge in [0.25, 0.3) is 0 Å². The second-order valence-electron chi connectivity index (χ2n) is 2.27. The molecule has 0 saturated carbocycles. The number of halogens is 2. The van der Waals surface area contributed by atoms with Gasteiger partial charge in [-0.05, 0) is 0 Å². The van der Waals surface area contributed by atoms with E-state index in [1.54, 1.807) is 0 Å². The Bertz CT molecular complexity index is 203. The van der Waals surface area contributed by atoms with Crippen LogP contribution < -0.4 is 28.7 Å². The Morgan fingerprint density at radius 1 is 1.00 bits per heavy atom. The zero-order chi connectivity index (χ0) is 6.85. The molecule has 0 heterocycles. The summed E-state index contributed by atoms with van der Waals surface area (Å²) in [5.41, 5.74) is 2.77. The molecule has 1 rings (SSSR count). The van der Waals surface area contributed by atoms with E-state index in [9.17, 15) is 0 Å². The SMILES string of the molecule is Cc1cccc(C)[c]1[Ti+2].[Cl-].[Cl-]. The minimum Gasteiger partial charge on any atom is -1.00 e. The van der Waals surface area contributed by atoms with Gasteiger partial charge in [0.15, 0.2) is 0 Å². The summed E-state index contributed by atoms with van der Waals surface area (Å²) in [5.74, 6) is 0. The average Bonchev–Trinajstić information content (AvgIpc) is 1.83. The van der Waals surface area contributed by atoms with E-state index in [0.717, 1.165) is 0 Å². The summed E-state index contributed by atoms with van der Waals surface area (Å²) in [7, 11) is 0. The molecular weight excluding hydrogens is 215 g/mol. The summed E-state index contributed by atoms with van der Waals surface area (Å²) in [4.78, 5) is 0. The van der Waals surface area contributed by atoms with Crippen molar-refractivity contribution in [3.8, 4) is 0 Å². The maximum absolute atomic E-state index is 2.16. The van der Waals surface area contributed by atoms with E-state index >= 15 is 0 Å². The van der Waals surface area contributed by atoms with Gasteiger partial charge in [0.05, 0.1) is 0 Å².